The van der Waals surface area contributed by atoms with Crippen LogP contribution in [0.25, 0.3) is 33.3 Å². The Morgan fingerprint density at radius 3 is 1.88 bits per heavy atom. The number of sulfone groups is 2. The molecule has 3 N–H and O–H groups in total. The van der Waals surface area contributed by atoms with Crippen LogP contribution in [0.3, 0.4) is 0 Å². The number of benzene rings is 3. The Morgan fingerprint density at radius 1 is 0.789 bits per heavy atom. The topological polar surface area (TPSA) is 176 Å². The Balaban J connectivity index is 0.000000188. The molecule has 0 saturated carbocycles. The number of halogens is 1. The lowest BCUT2D eigenvalue weighted by molar-refractivity contribution is 0.393. The maximum atomic E-state index is 12.1. The van der Waals surface area contributed by atoms with Crippen molar-refractivity contribution in [3.05, 3.63) is 100.0 Å². The maximum absolute atomic E-state index is 12.1. The van der Waals surface area contributed by atoms with E-state index in [1.165, 1.54) is 5.56 Å². The molecule has 1 atom stereocenters. The van der Waals surface area contributed by atoms with E-state index < -0.39 is 19.7 Å². The first-order valence-electron chi connectivity index (χ1n) is 19.3. The first-order valence-corrected chi connectivity index (χ1v) is 23.3. The molecule has 0 radical (unpaired) electrons. The van der Waals surface area contributed by atoms with Crippen molar-refractivity contribution in [1.29, 1.82) is 0 Å². The summed E-state index contributed by atoms with van der Waals surface area (Å²) in [6, 6.07) is 20.3. The summed E-state index contributed by atoms with van der Waals surface area (Å²) in [5.41, 5.74) is 16.4. The van der Waals surface area contributed by atoms with Crippen LogP contribution in [-0.2, 0) is 26.1 Å². The monoisotopic (exact) mass is 832 g/mol. The maximum Gasteiger partial charge on any atom is 0.150 e. The average molecular weight is 833 g/mol. The van der Waals surface area contributed by atoms with Gasteiger partial charge in [0.25, 0.3) is 0 Å². The lowest BCUT2D eigenvalue weighted by Crippen LogP contribution is -2.32. The Morgan fingerprint density at radius 2 is 1.33 bits per heavy atom. The van der Waals surface area contributed by atoms with Gasteiger partial charge >= 0.3 is 0 Å². The van der Waals surface area contributed by atoms with Crippen molar-refractivity contribution in [2.45, 2.75) is 84.7 Å². The Kier molecular flexibility index (Phi) is 11.6. The lowest BCUT2D eigenvalue weighted by Gasteiger charge is -2.27. The second kappa shape index (κ2) is 16.3. The minimum atomic E-state index is -2.96. The summed E-state index contributed by atoms with van der Waals surface area (Å²) in [6.07, 6.45) is 3.28. The van der Waals surface area contributed by atoms with E-state index in [4.69, 9.17) is 31.4 Å². The molecular weight excluding hydrogens is 784 g/mol. The molecule has 0 bridgehead atoms. The summed E-state index contributed by atoms with van der Waals surface area (Å²) < 4.78 is 60.1. The van der Waals surface area contributed by atoms with E-state index in [-0.39, 0.29) is 41.0 Å². The van der Waals surface area contributed by atoms with Gasteiger partial charge in [-0.05, 0) is 113 Å². The molecule has 3 aromatic carbocycles. The highest BCUT2D eigenvalue weighted by Gasteiger charge is 2.30. The van der Waals surface area contributed by atoms with E-state index in [9.17, 15) is 16.8 Å². The highest BCUT2D eigenvalue weighted by Crippen LogP contribution is 2.37. The predicted molar refractivity (Wildman–Crippen MR) is 226 cm³/mol. The SMILES string of the molecule is Cc1noc(C)c1-c1ccc(NC2CCS(=O)(=O)CC2)c(N)c1.Cc1noc(C)c1-c1ccc2c(c1)nc([C@H](C)Cc1ccc(Cl)cc1)n2C1CCS(=O)(=O)CC1. The van der Waals surface area contributed by atoms with Gasteiger partial charge in [-0.1, -0.05) is 53.1 Å². The number of nitrogens with two attached hydrogens (primary N) is 1. The van der Waals surface area contributed by atoms with Gasteiger partial charge in [0.05, 0.1) is 56.8 Å². The molecule has 15 heteroatoms. The van der Waals surface area contributed by atoms with Crippen LogP contribution in [0.15, 0.2) is 69.7 Å². The van der Waals surface area contributed by atoms with Gasteiger partial charge < -0.3 is 24.7 Å². The number of fused-ring (bicyclic) bond motifs is 1. The molecule has 2 fully saturated rings. The first-order chi connectivity index (χ1) is 27.1. The quantitative estimate of drug-likeness (QED) is 0.141. The molecule has 302 valence electrons. The van der Waals surface area contributed by atoms with Gasteiger partial charge in [0, 0.05) is 34.2 Å². The zero-order chi connectivity index (χ0) is 40.6. The van der Waals surface area contributed by atoms with Crippen molar-refractivity contribution < 1.29 is 25.9 Å². The molecule has 5 heterocycles. The Bertz CT molecular complexity index is 2570. The number of anilines is 2. The Hall–Kier alpha value is -4.66. The van der Waals surface area contributed by atoms with Gasteiger partial charge in [-0.15, -0.1) is 0 Å². The molecule has 0 unspecified atom stereocenters. The molecule has 0 aliphatic carbocycles. The van der Waals surface area contributed by atoms with Crippen LogP contribution in [0.1, 0.15) is 78.9 Å². The number of rotatable bonds is 8. The van der Waals surface area contributed by atoms with E-state index in [0.717, 1.165) is 79.2 Å². The predicted octanol–water partition coefficient (Wildman–Crippen LogP) is 8.59. The number of imidazole rings is 1. The summed E-state index contributed by atoms with van der Waals surface area (Å²) in [4.78, 5) is 5.10. The average Bonchev–Trinajstić information content (AvgIpc) is 3.83. The number of hydrogen-bond acceptors (Lipinski definition) is 11. The van der Waals surface area contributed by atoms with Crippen LogP contribution in [0, 0.1) is 27.7 Å². The molecule has 57 heavy (non-hydrogen) atoms. The molecule has 3 aromatic heterocycles. The molecule has 2 aliphatic heterocycles. The summed E-state index contributed by atoms with van der Waals surface area (Å²) in [7, 11) is -5.81. The molecular formula is C42H49ClN6O6S2. The molecule has 0 amide bonds. The normalized spacial score (nSPS) is 17.6. The molecule has 8 rings (SSSR count). The van der Waals surface area contributed by atoms with E-state index >= 15 is 0 Å². The van der Waals surface area contributed by atoms with Gasteiger partial charge in [0.15, 0.2) is 0 Å². The van der Waals surface area contributed by atoms with E-state index in [1.54, 1.807) is 0 Å². The largest absolute Gasteiger partial charge is 0.397 e. The summed E-state index contributed by atoms with van der Waals surface area (Å²) >= 11 is 6.07. The van der Waals surface area contributed by atoms with Crippen molar-refractivity contribution in [2.24, 2.45) is 0 Å². The van der Waals surface area contributed by atoms with Crippen LogP contribution < -0.4 is 11.1 Å². The van der Waals surface area contributed by atoms with Crippen LogP contribution in [0.4, 0.5) is 11.4 Å². The van der Waals surface area contributed by atoms with Gasteiger partial charge in [-0.25, -0.2) is 21.8 Å². The van der Waals surface area contributed by atoms with Crippen molar-refractivity contribution in [3.63, 3.8) is 0 Å². The van der Waals surface area contributed by atoms with Crippen molar-refractivity contribution >= 4 is 53.7 Å². The van der Waals surface area contributed by atoms with Gasteiger partial charge in [0.1, 0.15) is 37.0 Å². The standard InChI is InChI=1S/C26H28ClN3O3S.C16H21N3O3S/c1-16(14-19-4-7-21(27)8-5-19)26-28-23-15-20(25-17(2)29-33-18(25)3)6-9-24(23)30(26)22-10-12-34(31,32)13-11-22;1-10-16(11(2)22-19-10)12-3-4-15(14(17)9-12)18-13-5-7-23(20,21)8-6-13/h4-9,15-16,22H,10-14H2,1-3H3;3-4,9,13,18H,5-8,17H2,1-2H3/t16-;/m1./s1. The second-order valence-electron chi connectivity index (χ2n) is 15.4. The molecule has 12 nitrogen and oxygen atoms in total. The van der Waals surface area contributed by atoms with Crippen LogP contribution in [0.5, 0.6) is 0 Å². The fourth-order valence-electron chi connectivity index (χ4n) is 8.10. The van der Waals surface area contributed by atoms with Crippen LogP contribution in [0.2, 0.25) is 5.02 Å². The highest BCUT2D eigenvalue weighted by molar-refractivity contribution is 7.91. The summed E-state index contributed by atoms with van der Waals surface area (Å²) in [5, 5.41) is 12.1. The van der Waals surface area contributed by atoms with E-state index in [0.29, 0.717) is 31.4 Å². The minimum absolute atomic E-state index is 0.112. The number of aryl methyl sites for hydroxylation is 4. The minimum Gasteiger partial charge on any atom is -0.397 e. The van der Waals surface area contributed by atoms with Crippen molar-refractivity contribution in [1.82, 2.24) is 19.9 Å². The lowest BCUT2D eigenvalue weighted by atomic mass is 9.99. The van der Waals surface area contributed by atoms with E-state index in [2.05, 4.69) is 57.5 Å². The second-order valence-corrected chi connectivity index (χ2v) is 20.5. The zero-order valence-electron chi connectivity index (χ0n) is 32.9. The van der Waals surface area contributed by atoms with Crippen molar-refractivity contribution in [2.75, 3.05) is 34.1 Å². The number of aromatic nitrogens is 4. The zero-order valence-corrected chi connectivity index (χ0v) is 35.3. The summed E-state index contributed by atoms with van der Waals surface area (Å²) in [6.45, 7) is 9.81. The third-order valence-corrected chi connectivity index (χ3v) is 14.8. The first kappa shape index (κ1) is 40.5. The van der Waals surface area contributed by atoms with E-state index in [1.807, 2.05) is 58.0 Å². The van der Waals surface area contributed by atoms with Gasteiger partial charge in [0.2, 0.25) is 0 Å². The van der Waals surface area contributed by atoms with Crippen LogP contribution in [-0.4, -0.2) is 65.8 Å². The summed E-state index contributed by atoms with van der Waals surface area (Å²) in [5.74, 6) is 3.60. The number of nitrogen functional groups attached to an aromatic ring is 1. The molecule has 2 saturated heterocycles. The van der Waals surface area contributed by atoms with Crippen LogP contribution >= 0.6 is 11.6 Å². The highest BCUT2D eigenvalue weighted by atomic mass is 35.5. The smallest absolute Gasteiger partial charge is 0.150 e. The van der Waals surface area contributed by atoms with Gasteiger partial charge in [-0.3, -0.25) is 0 Å². The number of nitrogens with zero attached hydrogens (tertiary/aromatic N) is 4. The third-order valence-electron chi connectivity index (χ3n) is 11.1. The third kappa shape index (κ3) is 9.08. The Labute approximate surface area is 339 Å². The molecule has 6 aromatic rings. The number of hydrogen-bond donors (Lipinski definition) is 2. The fourth-order valence-corrected chi connectivity index (χ4v) is 11.2. The van der Waals surface area contributed by atoms with Crippen molar-refractivity contribution in [3.8, 4) is 22.3 Å². The molecule has 0 spiro atoms. The fraction of sp³-hybridized carbons (Fsp3) is 0.405. The molecule has 2 aliphatic rings. The number of nitrogens with one attached hydrogen (secondary N) is 1. The van der Waals surface area contributed by atoms with Gasteiger partial charge in [-0.2, -0.15) is 0 Å².